The second kappa shape index (κ2) is 5.89. The smallest absolute Gasteiger partial charge is 0.249 e. The van der Waals surface area contributed by atoms with Crippen molar-refractivity contribution in [1.29, 1.82) is 0 Å². The average molecular weight is 338 g/mol. The monoisotopic (exact) mass is 338 g/mol. The number of ether oxygens (including phenoxy) is 1. The van der Waals surface area contributed by atoms with Crippen LogP contribution in [0.15, 0.2) is 41.8 Å². The second-order valence-electron chi connectivity index (χ2n) is 5.16. The summed E-state index contributed by atoms with van der Waals surface area (Å²) in [5.41, 5.74) is 2.82. The van der Waals surface area contributed by atoms with Crippen LogP contribution in [0.25, 0.3) is 16.2 Å². The Balaban J connectivity index is 1.54. The Labute approximate surface area is 142 Å². The fourth-order valence-electron chi connectivity index (χ4n) is 2.27. The third kappa shape index (κ3) is 2.67. The molecule has 0 radical (unpaired) electrons. The van der Waals surface area contributed by atoms with Crippen LogP contribution in [-0.4, -0.2) is 31.9 Å². The number of hydrogen-bond donors (Lipinski definition) is 1. The second-order valence-corrected chi connectivity index (χ2v) is 6.00. The molecule has 4 aromatic rings. The predicted octanol–water partition coefficient (Wildman–Crippen LogP) is 3.31. The Morgan fingerprint density at radius 2 is 1.92 bits per heavy atom. The average Bonchev–Trinajstić information content (AvgIpc) is 3.17. The molecule has 0 saturated heterocycles. The molecule has 0 atom stereocenters. The molecule has 8 heteroatoms. The Kier molecular flexibility index (Phi) is 3.58. The van der Waals surface area contributed by atoms with Crippen LogP contribution in [0.2, 0.25) is 0 Å². The molecule has 0 aliphatic rings. The number of fused-ring (bicyclic) bond motifs is 1. The summed E-state index contributed by atoms with van der Waals surface area (Å²) in [6.45, 7) is 1.99. The molecule has 0 fully saturated rings. The summed E-state index contributed by atoms with van der Waals surface area (Å²) < 4.78 is 6.95. The highest BCUT2D eigenvalue weighted by Gasteiger charge is 2.08. The minimum Gasteiger partial charge on any atom is -0.497 e. The fraction of sp³-hybridized carbons (Fsp3) is 0.125. The minimum absolute atomic E-state index is 0.511. The predicted molar refractivity (Wildman–Crippen MR) is 92.9 cm³/mol. The van der Waals surface area contributed by atoms with Crippen LogP contribution in [0.1, 0.15) is 5.69 Å². The van der Waals surface area contributed by atoms with E-state index in [2.05, 4.69) is 25.6 Å². The van der Waals surface area contributed by atoms with Crippen molar-refractivity contribution in [2.45, 2.75) is 6.92 Å². The zero-order valence-corrected chi connectivity index (χ0v) is 13.9. The normalized spacial score (nSPS) is 10.9. The molecule has 1 N–H and O–H groups in total. The van der Waals surface area contributed by atoms with Gasteiger partial charge in [-0.3, -0.25) is 0 Å². The zero-order chi connectivity index (χ0) is 16.5. The Hall–Kier alpha value is -3.00. The molecule has 3 aromatic heterocycles. The van der Waals surface area contributed by atoms with E-state index in [1.165, 1.54) is 0 Å². The molecule has 24 heavy (non-hydrogen) atoms. The lowest BCUT2D eigenvalue weighted by Gasteiger charge is -2.04. The molecular formula is C16H14N6OS. The summed E-state index contributed by atoms with van der Waals surface area (Å²) in [7, 11) is 1.64. The molecule has 0 amide bonds. The molecule has 3 heterocycles. The third-order valence-corrected chi connectivity index (χ3v) is 4.47. The Morgan fingerprint density at radius 1 is 1.08 bits per heavy atom. The van der Waals surface area contributed by atoms with Gasteiger partial charge < -0.3 is 10.1 Å². The highest BCUT2D eigenvalue weighted by molar-refractivity contribution is 7.15. The van der Waals surface area contributed by atoms with Crippen LogP contribution >= 0.6 is 11.3 Å². The van der Waals surface area contributed by atoms with Gasteiger partial charge in [-0.25, -0.2) is 4.52 Å². The zero-order valence-electron chi connectivity index (χ0n) is 13.1. The van der Waals surface area contributed by atoms with Gasteiger partial charge in [0.2, 0.25) is 10.9 Å². The van der Waals surface area contributed by atoms with Gasteiger partial charge in [-0.05, 0) is 43.3 Å². The van der Waals surface area contributed by atoms with Crippen molar-refractivity contribution in [2.24, 2.45) is 0 Å². The number of rotatable bonds is 4. The van der Waals surface area contributed by atoms with Crippen LogP contribution in [0.5, 0.6) is 5.75 Å². The SMILES string of the molecule is COc1ccc(-c2ccc(Nc3nc4scc(C)n4n3)nn2)cc1. The first-order chi connectivity index (χ1) is 11.7. The van der Waals surface area contributed by atoms with Gasteiger partial charge in [0.1, 0.15) is 5.75 Å². The van der Waals surface area contributed by atoms with Crippen LogP contribution in [0.3, 0.4) is 0 Å². The first-order valence-corrected chi connectivity index (χ1v) is 8.17. The number of nitrogens with zero attached hydrogens (tertiary/aromatic N) is 5. The minimum atomic E-state index is 0.511. The van der Waals surface area contributed by atoms with Gasteiger partial charge in [0.15, 0.2) is 5.82 Å². The number of anilines is 2. The van der Waals surface area contributed by atoms with E-state index in [1.54, 1.807) is 23.0 Å². The number of nitrogens with one attached hydrogen (secondary N) is 1. The van der Waals surface area contributed by atoms with Crippen LogP contribution in [-0.2, 0) is 0 Å². The number of benzene rings is 1. The molecule has 120 valence electrons. The molecule has 0 aliphatic carbocycles. The summed E-state index contributed by atoms with van der Waals surface area (Å²) in [5.74, 6) is 1.92. The van der Waals surface area contributed by atoms with Crippen molar-refractivity contribution in [3.8, 4) is 17.0 Å². The van der Waals surface area contributed by atoms with E-state index in [-0.39, 0.29) is 0 Å². The maximum atomic E-state index is 5.16. The standard InChI is InChI=1S/C16H14N6OS/c1-10-9-24-16-18-15(21-22(10)16)17-14-8-7-13(19-20-14)11-3-5-12(23-2)6-4-11/h3-9H,1-2H3,(H,17,20,21). The Bertz CT molecular complexity index is 974. The van der Waals surface area contributed by atoms with Crippen LogP contribution in [0.4, 0.5) is 11.8 Å². The van der Waals surface area contributed by atoms with E-state index in [0.29, 0.717) is 11.8 Å². The van der Waals surface area contributed by atoms with E-state index < -0.39 is 0 Å². The van der Waals surface area contributed by atoms with Gasteiger partial charge in [-0.1, -0.05) is 0 Å². The summed E-state index contributed by atoms with van der Waals surface area (Å²) in [4.78, 5) is 5.25. The molecule has 0 aliphatic heterocycles. The van der Waals surface area contributed by atoms with Gasteiger partial charge in [-0.15, -0.1) is 26.6 Å². The highest BCUT2D eigenvalue weighted by Crippen LogP contribution is 2.22. The first-order valence-electron chi connectivity index (χ1n) is 7.29. The van der Waals surface area contributed by atoms with E-state index >= 15 is 0 Å². The summed E-state index contributed by atoms with van der Waals surface area (Å²) in [6, 6.07) is 11.4. The molecule has 1 aromatic carbocycles. The van der Waals surface area contributed by atoms with Crippen LogP contribution in [0, 0.1) is 6.92 Å². The molecule has 7 nitrogen and oxygen atoms in total. The number of aryl methyl sites for hydroxylation is 1. The number of hydrogen-bond acceptors (Lipinski definition) is 7. The van der Waals surface area contributed by atoms with Crippen LogP contribution < -0.4 is 10.1 Å². The van der Waals surface area contributed by atoms with E-state index in [0.717, 1.165) is 27.7 Å². The van der Waals surface area contributed by atoms with Gasteiger partial charge in [0, 0.05) is 10.9 Å². The van der Waals surface area contributed by atoms with Gasteiger partial charge in [0.05, 0.1) is 18.5 Å². The number of aromatic nitrogens is 5. The molecule has 0 unspecified atom stereocenters. The molecule has 0 spiro atoms. The number of thiazole rings is 1. The van der Waals surface area contributed by atoms with Crippen molar-refractivity contribution in [1.82, 2.24) is 24.8 Å². The summed E-state index contributed by atoms with van der Waals surface area (Å²) >= 11 is 1.55. The number of methoxy groups -OCH3 is 1. The summed E-state index contributed by atoms with van der Waals surface area (Å²) in [6.07, 6.45) is 0. The molecule has 0 bridgehead atoms. The lowest BCUT2D eigenvalue weighted by Crippen LogP contribution is -1.98. The lowest BCUT2D eigenvalue weighted by molar-refractivity contribution is 0.415. The van der Waals surface area contributed by atoms with Gasteiger partial charge >= 0.3 is 0 Å². The maximum absolute atomic E-state index is 5.16. The van der Waals surface area contributed by atoms with E-state index in [1.807, 2.05) is 48.7 Å². The fourth-order valence-corrected chi connectivity index (χ4v) is 3.07. The summed E-state index contributed by atoms with van der Waals surface area (Å²) in [5, 5.41) is 17.9. The topological polar surface area (TPSA) is 77.2 Å². The lowest BCUT2D eigenvalue weighted by atomic mass is 10.1. The van der Waals surface area contributed by atoms with Crippen molar-refractivity contribution in [2.75, 3.05) is 12.4 Å². The highest BCUT2D eigenvalue weighted by atomic mass is 32.1. The Morgan fingerprint density at radius 3 is 2.58 bits per heavy atom. The molecular weight excluding hydrogens is 324 g/mol. The largest absolute Gasteiger partial charge is 0.497 e. The third-order valence-electron chi connectivity index (χ3n) is 3.54. The van der Waals surface area contributed by atoms with E-state index in [9.17, 15) is 0 Å². The van der Waals surface area contributed by atoms with Gasteiger partial charge in [0.25, 0.3) is 0 Å². The van der Waals surface area contributed by atoms with Crippen molar-refractivity contribution in [3.05, 3.63) is 47.5 Å². The first kappa shape index (κ1) is 14.6. The van der Waals surface area contributed by atoms with Crippen molar-refractivity contribution in [3.63, 3.8) is 0 Å². The maximum Gasteiger partial charge on any atom is 0.249 e. The quantitative estimate of drug-likeness (QED) is 0.615. The van der Waals surface area contributed by atoms with E-state index in [4.69, 9.17) is 4.74 Å². The van der Waals surface area contributed by atoms with Crippen molar-refractivity contribution < 1.29 is 4.74 Å². The van der Waals surface area contributed by atoms with Crippen molar-refractivity contribution >= 4 is 28.1 Å². The molecule has 4 rings (SSSR count). The molecule has 0 saturated carbocycles. The van der Waals surface area contributed by atoms with Gasteiger partial charge in [-0.2, -0.15) is 4.98 Å².